The first-order valence-corrected chi connectivity index (χ1v) is 3.60. The van der Waals surface area contributed by atoms with Crippen molar-refractivity contribution in [1.82, 2.24) is 0 Å². The summed E-state index contributed by atoms with van der Waals surface area (Å²) < 4.78 is 0. The first-order valence-electron chi connectivity index (χ1n) is 3.60. The third-order valence-electron chi connectivity index (χ3n) is 1.58. The van der Waals surface area contributed by atoms with Crippen molar-refractivity contribution in [3.05, 3.63) is 0 Å². The Kier molecular flexibility index (Phi) is 4.44. The third kappa shape index (κ3) is 2.92. The fourth-order valence-electron chi connectivity index (χ4n) is 0.710. The number of nitrogens with two attached hydrogens (primary N) is 2. The van der Waals surface area contributed by atoms with E-state index in [1.165, 1.54) is 0 Å². The van der Waals surface area contributed by atoms with Crippen molar-refractivity contribution in [3.8, 4) is 0 Å². The van der Waals surface area contributed by atoms with Gasteiger partial charge in [0, 0.05) is 0 Å². The maximum atomic E-state index is 10.3. The summed E-state index contributed by atoms with van der Waals surface area (Å²) >= 11 is 0. The standard InChI is InChI=1S/C6H12N2O6/c7-5(13)3(11)1(9)2(10)4(12)6(8)14/h1-4,9-12H,(H2,7,13)(H2,8,14)/t1-,2-,3-,4-/m1/s1. The number of carbonyl (C=O) groups excluding carboxylic acids is 2. The van der Waals surface area contributed by atoms with Gasteiger partial charge in [0.25, 0.3) is 0 Å². The highest BCUT2D eigenvalue weighted by Gasteiger charge is 2.35. The highest BCUT2D eigenvalue weighted by Crippen LogP contribution is 2.04. The number of hydrogen-bond acceptors (Lipinski definition) is 6. The van der Waals surface area contributed by atoms with Crippen LogP contribution in [-0.4, -0.2) is 56.7 Å². The first kappa shape index (κ1) is 12.8. The first-order chi connectivity index (χ1) is 6.29. The van der Waals surface area contributed by atoms with Crippen LogP contribution >= 0.6 is 0 Å². The molecule has 4 atom stereocenters. The van der Waals surface area contributed by atoms with Crippen molar-refractivity contribution in [2.75, 3.05) is 0 Å². The zero-order valence-corrected chi connectivity index (χ0v) is 7.07. The molecule has 0 bridgehead atoms. The lowest BCUT2D eigenvalue weighted by Gasteiger charge is -2.22. The van der Waals surface area contributed by atoms with Crippen molar-refractivity contribution in [2.45, 2.75) is 24.4 Å². The second-order valence-electron chi connectivity index (χ2n) is 2.68. The molecule has 8 N–H and O–H groups in total. The minimum Gasteiger partial charge on any atom is -0.387 e. The van der Waals surface area contributed by atoms with Gasteiger partial charge in [-0.2, -0.15) is 0 Å². The third-order valence-corrected chi connectivity index (χ3v) is 1.58. The van der Waals surface area contributed by atoms with Crippen LogP contribution in [0.5, 0.6) is 0 Å². The van der Waals surface area contributed by atoms with Gasteiger partial charge in [-0.05, 0) is 0 Å². The quantitative estimate of drug-likeness (QED) is 0.266. The molecule has 0 saturated heterocycles. The number of aliphatic hydroxyl groups excluding tert-OH is 4. The smallest absolute Gasteiger partial charge is 0.249 e. The lowest BCUT2D eigenvalue weighted by Crippen LogP contribution is -2.52. The van der Waals surface area contributed by atoms with Crippen molar-refractivity contribution in [3.63, 3.8) is 0 Å². The van der Waals surface area contributed by atoms with Gasteiger partial charge in [0.05, 0.1) is 0 Å². The lowest BCUT2D eigenvalue weighted by atomic mass is 10.0. The van der Waals surface area contributed by atoms with Gasteiger partial charge >= 0.3 is 0 Å². The van der Waals surface area contributed by atoms with Crippen LogP contribution < -0.4 is 11.5 Å². The van der Waals surface area contributed by atoms with Crippen molar-refractivity contribution in [2.24, 2.45) is 11.5 Å². The van der Waals surface area contributed by atoms with Gasteiger partial charge in [-0.3, -0.25) is 9.59 Å². The van der Waals surface area contributed by atoms with Gasteiger partial charge < -0.3 is 31.9 Å². The van der Waals surface area contributed by atoms with Gasteiger partial charge in [0.1, 0.15) is 12.2 Å². The topological polar surface area (TPSA) is 167 Å². The molecule has 8 heteroatoms. The number of carbonyl (C=O) groups is 2. The molecule has 0 aliphatic heterocycles. The summed E-state index contributed by atoms with van der Waals surface area (Å²) in [5.74, 6) is -2.60. The number of hydrogen-bond donors (Lipinski definition) is 6. The highest BCUT2D eigenvalue weighted by molar-refractivity contribution is 5.81. The molecule has 0 aromatic rings. The average Bonchev–Trinajstić information content (AvgIpc) is 2.12. The Bertz CT molecular complexity index is 208. The molecule has 14 heavy (non-hydrogen) atoms. The van der Waals surface area contributed by atoms with E-state index in [0.29, 0.717) is 0 Å². The summed E-state index contributed by atoms with van der Waals surface area (Å²) in [5.41, 5.74) is 9.19. The molecule has 0 fully saturated rings. The second kappa shape index (κ2) is 4.86. The summed E-state index contributed by atoms with van der Waals surface area (Å²) in [6.07, 6.45) is -8.32. The van der Waals surface area contributed by atoms with Crippen LogP contribution in [0.25, 0.3) is 0 Å². The SMILES string of the molecule is NC(=O)[C@H](O)[C@H](O)[C@@H](O)[C@@H](O)C(N)=O. The Hall–Kier alpha value is -1.22. The zero-order chi connectivity index (χ0) is 11.5. The van der Waals surface area contributed by atoms with E-state index in [4.69, 9.17) is 20.4 Å². The minimum absolute atomic E-state index is 1.30. The van der Waals surface area contributed by atoms with E-state index in [-0.39, 0.29) is 0 Å². The van der Waals surface area contributed by atoms with E-state index >= 15 is 0 Å². The molecule has 0 aliphatic carbocycles. The van der Waals surface area contributed by atoms with Crippen LogP contribution in [0.15, 0.2) is 0 Å². The molecule has 2 amide bonds. The normalized spacial score (nSPS) is 19.4. The second-order valence-corrected chi connectivity index (χ2v) is 2.68. The molecule has 82 valence electrons. The van der Waals surface area contributed by atoms with E-state index in [2.05, 4.69) is 11.5 Å². The average molecular weight is 208 g/mol. The van der Waals surface area contributed by atoms with Crippen LogP contribution in [0.4, 0.5) is 0 Å². The fourth-order valence-corrected chi connectivity index (χ4v) is 0.710. The van der Waals surface area contributed by atoms with Gasteiger partial charge in [0.2, 0.25) is 11.8 Å². The van der Waals surface area contributed by atoms with Gasteiger partial charge in [-0.15, -0.1) is 0 Å². The largest absolute Gasteiger partial charge is 0.387 e. The summed E-state index contributed by atoms with van der Waals surface area (Å²) in [4.78, 5) is 20.7. The zero-order valence-electron chi connectivity index (χ0n) is 7.07. The summed E-state index contributed by atoms with van der Waals surface area (Å²) in [6.45, 7) is 0. The molecule has 0 saturated carbocycles. The van der Waals surface area contributed by atoms with Crippen LogP contribution in [0, 0.1) is 0 Å². The number of primary amides is 2. The molecule has 8 nitrogen and oxygen atoms in total. The number of aliphatic hydroxyl groups is 4. The van der Waals surface area contributed by atoms with E-state index in [9.17, 15) is 9.59 Å². The van der Waals surface area contributed by atoms with E-state index in [0.717, 1.165) is 0 Å². The molecular formula is C6H12N2O6. The maximum Gasteiger partial charge on any atom is 0.249 e. The molecule has 0 radical (unpaired) electrons. The number of rotatable bonds is 5. The molecule has 0 unspecified atom stereocenters. The van der Waals surface area contributed by atoms with Crippen molar-refractivity contribution in [1.29, 1.82) is 0 Å². The number of amides is 2. The molecule has 0 heterocycles. The predicted octanol–water partition coefficient (Wildman–Crippen LogP) is -4.60. The molecule has 0 aromatic carbocycles. The molecular weight excluding hydrogens is 196 g/mol. The fraction of sp³-hybridized carbons (Fsp3) is 0.667. The molecule has 0 aromatic heterocycles. The lowest BCUT2D eigenvalue weighted by molar-refractivity contribution is -0.152. The predicted molar refractivity (Wildman–Crippen MR) is 42.4 cm³/mol. The summed E-state index contributed by atoms with van der Waals surface area (Å²) in [7, 11) is 0. The Labute approximate surface area is 78.7 Å². The van der Waals surface area contributed by atoms with E-state index in [1.807, 2.05) is 0 Å². The van der Waals surface area contributed by atoms with Crippen LogP contribution in [-0.2, 0) is 9.59 Å². The summed E-state index contributed by atoms with van der Waals surface area (Å²) in [6, 6.07) is 0. The molecule has 0 aliphatic rings. The summed E-state index contributed by atoms with van der Waals surface area (Å²) in [5, 5.41) is 35.7. The van der Waals surface area contributed by atoms with Crippen LogP contribution in [0.2, 0.25) is 0 Å². The monoisotopic (exact) mass is 208 g/mol. The Balaban J connectivity index is 4.45. The molecule has 0 spiro atoms. The van der Waals surface area contributed by atoms with Crippen molar-refractivity contribution < 1.29 is 30.0 Å². The van der Waals surface area contributed by atoms with Crippen LogP contribution in [0.1, 0.15) is 0 Å². The van der Waals surface area contributed by atoms with Gasteiger partial charge in [-0.1, -0.05) is 0 Å². The Morgan fingerprint density at radius 1 is 0.786 bits per heavy atom. The van der Waals surface area contributed by atoms with Gasteiger partial charge in [0.15, 0.2) is 12.2 Å². The molecule has 0 rings (SSSR count). The maximum absolute atomic E-state index is 10.3. The Morgan fingerprint density at radius 3 is 1.14 bits per heavy atom. The van der Waals surface area contributed by atoms with Gasteiger partial charge in [-0.25, -0.2) is 0 Å². The highest BCUT2D eigenvalue weighted by atomic mass is 16.4. The van der Waals surface area contributed by atoms with Crippen molar-refractivity contribution >= 4 is 11.8 Å². The van der Waals surface area contributed by atoms with Crippen LogP contribution in [0.3, 0.4) is 0 Å². The Morgan fingerprint density at radius 2 is 1.00 bits per heavy atom. The van der Waals surface area contributed by atoms with E-state index in [1.54, 1.807) is 0 Å². The minimum atomic E-state index is -2.08. The van der Waals surface area contributed by atoms with E-state index < -0.39 is 36.2 Å².